The molecule has 1 aromatic heterocycles. The quantitative estimate of drug-likeness (QED) is 0.810. The maximum atomic E-state index is 5.74. The van der Waals surface area contributed by atoms with E-state index in [1.807, 2.05) is 19.0 Å². The van der Waals surface area contributed by atoms with E-state index in [2.05, 4.69) is 9.97 Å². The van der Waals surface area contributed by atoms with Crippen molar-refractivity contribution in [3.05, 3.63) is 12.3 Å². The Hall–Kier alpha value is -1.36. The number of nitrogens with zero attached hydrogens (tertiary/aromatic N) is 3. The third-order valence-corrected chi connectivity index (χ3v) is 2.83. The van der Waals surface area contributed by atoms with Gasteiger partial charge in [-0.1, -0.05) is 0 Å². The SMILES string of the molecule is CN(C)c1nccc(OC2CC(CN)C2)n1. The fourth-order valence-electron chi connectivity index (χ4n) is 1.75. The van der Waals surface area contributed by atoms with E-state index in [-0.39, 0.29) is 6.10 Å². The molecular formula is C11H18N4O. The van der Waals surface area contributed by atoms with Crippen LogP contribution in [0.3, 0.4) is 0 Å². The number of hydrogen-bond acceptors (Lipinski definition) is 5. The van der Waals surface area contributed by atoms with Crippen LogP contribution in [0.5, 0.6) is 5.88 Å². The van der Waals surface area contributed by atoms with E-state index in [0.29, 0.717) is 17.7 Å². The van der Waals surface area contributed by atoms with Crippen molar-refractivity contribution in [2.75, 3.05) is 25.5 Å². The molecule has 0 spiro atoms. The molecule has 0 unspecified atom stereocenters. The third-order valence-electron chi connectivity index (χ3n) is 2.83. The number of rotatable bonds is 4. The van der Waals surface area contributed by atoms with Crippen molar-refractivity contribution in [1.29, 1.82) is 0 Å². The Bertz CT molecular complexity index is 350. The van der Waals surface area contributed by atoms with Crippen LogP contribution in [0.25, 0.3) is 0 Å². The second-order valence-corrected chi connectivity index (χ2v) is 4.40. The monoisotopic (exact) mass is 222 g/mol. The predicted molar refractivity (Wildman–Crippen MR) is 62.6 cm³/mol. The molecule has 2 N–H and O–H groups in total. The standard InChI is InChI=1S/C11H18N4O/c1-15(2)11-13-4-3-10(14-11)16-9-5-8(6-9)7-12/h3-4,8-9H,5-7,12H2,1-2H3. The smallest absolute Gasteiger partial charge is 0.228 e. The Balaban J connectivity index is 1.92. The summed E-state index contributed by atoms with van der Waals surface area (Å²) in [5.41, 5.74) is 5.57. The number of ether oxygens (including phenoxy) is 1. The number of nitrogens with two attached hydrogens (primary N) is 1. The highest BCUT2D eigenvalue weighted by atomic mass is 16.5. The van der Waals surface area contributed by atoms with Crippen LogP contribution in [0.15, 0.2) is 12.3 Å². The summed E-state index contributed by atoms with van der Waals surface area (Å²) >= 11 is 0. The van der Waals surface area contributed by atoms with Gasteiger partial charge in [0.25, 0.3) is 0 Å². The summed E-state index contributed by atoms with van der Waals surface area (Å²) in [6.45, 7) is 0.757. The minimum absolute atomic E-state index is 0.276. The van der Waals surface area contributed by atoms with Gasteiger partial charge >= 0.3 is 0 Å². The molecule has 0 aliphatic heterocycles. The summed E-state index contributed by atoms with van der Waals surface area (Å²) in [5.74, 6) is 1.95. The Morgan fingerprint density at radius 2 is 2.25 bits per heavy atom. The summed E-state index contributed by atoms with van der Waals surface area (Å²) in [5, 5.41) is 0. The van der Waals surface area contributed by atoms with Gasteiger partial charge in [0.1, 0.15) is 6.10 Å². The lowest BCUT2D eigenvalue weighted by molar-refractivity contribution is 0.0648. The molecule has 1 heterocycles. The van der Waals surface area contributed by atoms with Gasteiger partial charge in [0.2, 0.25) is 11.8 Å². The van der Waals surface area contributed by atoms with Crippen molar-refractivity contribution in [2.45, 2.75) is 18.9 Å². The van der Waals surface area contributed by atoms with E-state index in [4.69, 9.17) is 10.5 Å². The number of hydrogen-bond donors (Lipinski definition) is 1. The lowest BCUT2D eigenvalue weighted by Crippen LogP contribution is -2.38. The highest BCUT2D eigenvalue weighted by Crippen LogP contribution is 2.29. The second kappa shape index (κ2) is 4.65. The highest BCUT2D eigenvalue weighted by molar-refractivity contribution is 5.29. The van der Waals surface area contributed by atoms with Crippen LogP contribution in [0.1, 0.15) is 12.8 Å². The van der Waals surface area contributed by atoms with Gasteiger partial charge in [0, 0.05) is 26.4 Å². The van der Waals surface area contributed by atoms with Crippen LogP contribution in [-0.4, -0.2) is 36.7 Å². The Morgan fingerprint density at radius 1 is 1.50 bits per heavy atom. The molecule has 0 radical (unpaired) electrons. The molecule has 1 saturated carbocycles. The van der Waals surface area contributed by atoms with Crippen molar-refractivity contribution in [1.82, 2.24) is 9.97 Å². The second-order valence-electron chi connectivity index (χ2n) is 4.40. The van der Waals surface area contributed by atoms with Crippen LogP contribution in [0.4, 0.5) is 5.95 Å². The number of anilines is 1. The minimum atomic E-state index is 0.276. The first-order chi connectivity index (χ1) is 7.69. The first kappa shape index (κ1) is 11.1. The van der Waals surface area contributed by atoms with Crippen LogP contribution in [-0.2, 0) is 0 Å². The van der Waals surface area contributed by atoms with E-state index in [0.717, 1.165) is 19.4 Å². The zero-order valence-corrected chi connectivity index (χ0v) is 9.76. The molecular weight excluding hydrogens is 204 g/mol. The van der Waals surface area contributed by atoms with Gasteiger partial charge in [-0.2, -0.15) is 4.98 Å². The summed E-state index contributed by atoms with van der Waals surface area (Å²) in [7, 11) is 3.82. The molecule has 0 saturated heterocycles. The van der Waals surface area contributed by atoms with Gasteiger partial charge in [0.15, 0.2) is 0 Å². The summed E-state index contributed by atoms with van der Waals surface area (Å²) in [6, 6.07) is 1.79. The number of aromatic nitrogens is 2. The van der Waals surface area contributed by atoms with Crippen LogP contribution in [0.2, 0.25) is 0 Å². The van der Waals surface area contributed by atoms with Crippen molar-refractivity contribution in [2.24, 2.45) is 11.7 Å². The van der Waals surface area contributed by atoms with E-state index in [1.54, 1.807) is 12.3 Å². The fraction of sp³-hybridized carbons (Fsp3) is 0.636. The Kier molecular flexibility index (Phi) is 3.24. The molecule has 2 rings (SSSR count). The average Bonchev–Trinajstić information content (AvgIpc) is 2.23. The van der Waals surface area contributed by atoms with Crippen molar-refractivity contribution >= 4 is 5.95 Å². The Morgan fingerprint density at radius 3 is 2.88 bits per heavy atom. The molecule has 88 valence electrons. The maximum Gasteiger partial charge on any atom is 0.228 e. The molecule has 16 heavy (non-hydrogen) atoms. The summed E-state index contributed by atoms with van der Waals surface area (Å²) in [6.07, 6.45) is 4.07. The van der Waals surface area contributed by atoms with Gasteiger partial charge in [0.05, 0.1) is 0 Å². The fourth-order valence-corrected chi connectivity index (χ4v) is 1.75. The largest absolute Gasteiger partial charge is 0.474 e. The zero-order chi connectivity index (χ0) is 11.5. The molecule has 0 bridgehead atoms. The summed E-state index contributed by atoms with van der Waals surface area (Å²) in [4.78, 5) is 10.3. The molecule has 1 fully saturated rings. The first-order valence-corrected chi connectivity index (χ1v) is 5.56. The Labute approximate surface area is 95.6 Å². The van der Waals surface area contributed by atoms with E-state index in [1.165, 1.54) is 0 Å². The van der Waals surface area contributed by atoms with E-state index >= 15 is 0 Å². The lowest BCUT2D eigenvalue weighted by Gasteiger charge is -2.34. The maximum absolute atomic E-state index is 5.74. The van der Waals surface area contributed by atoms with Crippen LogP contribution >= 0.6 is 0 Å². The molecule has 5 nitrogen and oxygen atoms in total. The van der Waals surface area contributed by atoms with Crippen molar-refractivity contribution in [3.8, 4) is 5.88 Å². The van der Waals surface area contributed by atoms with Gasteiger partial charge in [-0.3, -0.25) is 0 Å². The highest BCUT2D eigenvalue weighted by Gasteiger charge is 2.29. The topological polar surface area (TPSA) is 64.3 Å². The van der Waals surface area contributed by atoms with Crippen LogP contribution in [0, 0.1) is 5.92 Å². The molecule has 5 heteroatoms. The van der Waals surface area contributed by atoms with Crippen LogP contribution < -0.4 is 15.4 Å². The molecule has 1 aromatic rings. The zero-order valence-electron chi connectivity index (χ0n) is 9.76. The normalized spacial score (nSPS) is 23.7. The minimum Gasteiger partial charge on any atom is -0.474 e. The molecule has 1 aliphatic rings. The van der Waals surface area contributed by atoms with Crippen molar-refractivity contribution < 1.29 is 4.74 Å². The van der Waals surface area contributed by atoms with Gasteiger partial charge in [-0.25, -0.2) is 4.98 Å². The molecule has 0 atom stereocenters. The predicted octanol–water partition coefficient (Wildman–Crippen LogP) is 0.659. The van der Waals surface area contributed by atoms with Gasteiger partial charge in [-0.15, -0.1) is 0 Å². The van der Waals surface area contributed by atoms with E-state index in [9.17, 15) is 0 Å². The first-order valence-electron chi connectivity index (χ1n) is 5.56. The molecule has 1 aliphatic carbocycles. The summed E-state index contributed by atoms with van der Waals surface area (Å²) < 4.78 is 5.74. The molecule has 0 amide bonds. The van der Waals surface area contributed by atoms with Gasteiger partial charge in [-0.05, 0) is 25.3 Å². The lowest BCUT2D eigenvalue weighted by atomic mass is 9.82. The third kappa shape index (κ3) is 2.41. The van der Waals surface area contributed by atoms with E-state index < -0.39 is 0 Å². The van der Waals surface area contributed by atoms with Crippen molar-refractivity contribution in [3.63, 3.8) is 0 Å². The molecule has 0 aromatic carbocycles. The average molecular weight is 222 g/mol. The van der Waals surface area contributed by atoms with Gasteiger partial charge < -0.3 is 15.4 Å².